The van der Waals surface area contributed by atoms with E-state index in [-0.39, 0.29) is 5.54 Å². The molecule has 0 aromatic rings. The third kappa shape index (κ3) is 0.595. The molecular formula is C6H7N3. The molecule has 0 saturated heterocycles. The highest BCUT2D eigenvalue weighted by Crippen LogP contribution is 2.41. The summed E-state index contributed by atoms with van der Waals surface area (Å²) in [5, 5.41) is 12.3. The lowest BCUT2D eigenvalue weighted by molar-refractivity contribution is 0.577. The molecule has 2 rings (SSSR count). The number of hydrazone groups is 1. The molecule has 9 heavy (non-hydrogen) atoms. The molecule has 1 N–H and O–H groups in total. The topological polar surface area (TPSA) is 48.2 Å². The van der Waals surface area contributed by atoms with E-state index in [4.69, 9.17) is 5.26 Å². The zero-order valence-corrected chi connectivity index (χ0v) is 5.02. The molecule has 0 amide bonds. The molecule has 0 atom stereocenters. The average Bonchev–Trinajstić information content (AvgIpc) is 2.44. The van der Waals surface area contributed by atoms with Crippen LogP contribution in [0.5, 0.6) is 0 Å². The lowest BCUT2D eigenvalue weighted by Gasteiger charge is -2.00. The Labute approximate surface area is 53.4 Å². The minimum atomic E-state index is 0.241. The minimum Gasteiger partial charge on any atom is -0.303 e. The Morgan fingerprint density at radius 1 is 1.67 bits per heavy atom. The summed E-state index contributed by atoms with van der Waals surface area (Å²) in [6.07, 6.45) is 3.22. The van der Waals surface area contributed by atoms with Crippen molar-refractivity contribution in [2.75, 3.05) is 0 Å². The van der Waals surface area contributed by atoms with Gasteiger partial charge in [0.2, 0.25) is 0 Å². The van der Waals surface area contributed by atoms with E-state index < -0.39 is 0 Å². The van der Waals surface area contributed by atoms with Crippen LogP contribution in [0.2, 0.25) is 0 Å². The second kappa shape index (κ2) is 1.27. The van der Waals surface area contributed by atoms with Gasteiger partial charge in [0, 0.05) is 6.42 Å². The molecule has 0 radical (unpaired) electrons. The summed E-state index contributed by atoms with van der Waals surface area (Å²) in [4.78, 5) is 0. The molecule has 1 saturated carbocycles. The molecule has 0 bridgehead atoms. The van der Waals surface area contributed by atoms with Crippen molar-refractivity contribution in [1.82, 2.24) is 5.43 Å². The summed E-state index contributed by atoms with van der Waals surface area (Å²) in [6, 6.07) is 2.05. The van der Waals surface area contributed by atoms with Crippen molar-refractivity contribution in [2.45, 2.75) is 24.8 Å². The Hall–Kier alpha value is -1.04. The summed E-state index contributed by atoms with van der Waals surface area (Å²) >= 11 is 0. The molecule has 1 heterocycles. The molecule has 1 fully saturated rings. The van der Waals surface area contributed by atoms with Crippen LogP contribution in [0.4, 0.5) is 0 Å². The molecule has 3 heteroatoms. The number of nitrogens with one attached hydrogen (secondary N) is 1. The Balaban J connectivity index is 2.12. The van der Waals surface area contributed by atoms with Crippen LogP contribution < -0.4 is 5.43 Å². The van der Waals surface area contributed by atoms with Crippen LogP contribution in [0.1, 0.15) is 19.3 Å². The molecule has 3 nitrogen and oxygen atoms in total. The Morgan fingerprint density at radius 2 is 2.44 bits per heavy atom. The van der Waals surface area contributed by atoms with Crippen molar-refractivity contribution >= 4 is 5.71 Å². The number of rotatable bonds is 0. The van der Waals surface area contributed by atoms with E-state index in [9.17, 15) is 0 Å². The smallest absolute Gasteiger partial charge is 0.139 e. The fourth-order valence-electron chi connectivity index (χ4n) is 1.09. The maximum Gasteiger partial charge on any atom is 0.139 e. The average molecular weight is 121 g/mol. The van der Waals surface area contributed by atoms with E-state index in [1.54, 1.807) is 0 Å². The summed E-state index contributed by atoms with van der Waals surface area (Å²) in [5.74, 6) is 0. The first-order chi connectivity index (χ1) is 4.35. The van der Waals surface area contributed by atoms with Gasteiger partial charge in [-0.05, 0) is 12.8 Å². The van der Waals surface area contributed by atoms with Gasteiger partial charge in [0.25, 0.3) is 0 Å². The standard InChI is InChI=1S/C6H7N3/c7-4-5-3-6(1-2-6)9-8-5/h9H,1-3H2. The van der Waals surface area contributed by atoms with Gasteiger partial charge >= 0.3 is 0 Å². The first-order valence-corrected chi connectivity index (χ1v) is 3.09. The summed E-state index contributed by atoms with van der Waals surface area (Å²) < 4.78 is 0. The third-order valence-corrected chi connectivity index (χ3v) is 1.92. The molecule has 0 aromatic heterocycles. The predicted molar refractivity (Wildman–Crippen MR) is 32.8 cm³/mol. The highest BCUT2D eigenvalue weighted by molar-refractivity contribution is 6.00. The SMILES string of the molecule is N#CC1=NNC2(CC2)C1. The largest absolute Gasteiger partial charge is 0.303 e. The van der Waals surface area contributed by atoms with Crippen molar-refractivity contribution < 1.29 is 0 Å². The van der Waals surface area contributed by atoms with E-state index >= 15 is 0 Å². The number of hydrogen-bond acceptors (Lipinski definition) is 3. The summed E-state index contributed by atoms with van der Waals surface area (Å²) in [6.45, 7) is 0. The maximum absolute atomic E-state index is 8.41. The van der Waals surface area contributed by atoms with E-state index in [2.05, 4.69) is 10.5 Å². The minimum absolute atomic E-state index is 0.241. The number of nitriles is 1. The van der Waals surface area contributed by atoms with Gasteiger partial charge in [-0.25, -0.2) is 0 Å². The molecule has 46 valence electrons. The van der Waals surface area contributed by atoms with Crippen LogP contribution in [0.25, 0.3) is 0 Å². The van der Waals surface area contributed by atoms with Crippen molar-refractivity contribution in [3.05, 3.63) is 0 Å². The van der Waals surface area contributed by atoms with E-state index in [1.807, 2.05) is 6.07 Å². The number of hydrogen-bond donors (Lipinski definition) is 1. The lowest BCUT2D eigenvalue weighted by Crippen LogP contribution is -2.20. The normalized spacial score (nSPS) is 26.8. The highest BCUT2D eigenvalue weighted by atomic mass is 15.4. The molecule has 0 unspecified atom stereocenters. The molecule has 2 aliphatic rings. The molecule has 1 spiro atoms. The van der Waals surface area contributed by atoms with Crippen LogP contribution in [0.15, 0.2) is 5.10 Å². The zero-order chi connectivity index (χ0) is 6.32. The quantitative estimate of drug-likeness (QED) is 0.504. The molecule has 1 aliphatic heterocycles. The second-order valence-electron chi connectivity index (χ2n) is 2.74. The second-order valence-corrected chi connectivity index (χ2v) is 2.74. The molecule has 1 aliphatic carbocycles. The first kappa shape index (κ1) is 4.80. The Bertz CT molecular complexity index is 207. The van der Waals surface area contributed by atoms with Crippen molar-refractivity contribution in [2.24, 2.45) is 5.10 Å². The summed E-state index contributed by atoms with van der Waals surface area (Å²) in [5.41, 5.74) is 3.87. The van der Waals surface area contributed by atoms with Gasteiger partial charge in [-0.2, -0.15) is 10.4 Å². The van der Waals surface area contributed by atoms with Crippen LogP contribution in [-0.2, 0) is 0 Å². The van der Waals surface area contributed by atoms with Gasteiger partial charge in [-0.15, -0.1) is 0 Å². The van der Waals surface area contributed by atoms with Crippen LogP contribution >= 0.6 is 0 Å². The fraction of sp³-hybridized carbons (Fsp3) is 0.667. The van der Waals surface area contributed by atoms with Crippen molar-refractivity contribution in [1.29, 1.82) is 5.26 Å². The van der Waals surface area contributed by atoms with E-state index in [1.165, 1.54) is 12.8 Å². The monoisotopic (exact) mass is 121 g/mol. The Morgan fingerprint density at radius 3 is 2.78 bits per heavy atom. The zero-order valence-electron chi connectivity index (χ0n) is 5.02. The van der Waals surface area contributed by atoms with Gasteiger partial charge in [-0.1, -0.05) is 0 Å². The highest BCUT2D eigenvalue weighted by Gasteiger charge is 2.46. The molecular weight excluding hydrogens is 114 g/mol. The van der Waals surface area contributed by atoms with Gasteiger partial charge in [-0.3, -0.25) is 0 Å². The van der Waals surface area contributed by atoms with E-state index in [0.29, 0.717) is 5.71 Å². The lowest BCUT2D eigenvalue weighted by atomic mass is 10.1. The van der Waals surface area contributed by atoms with Gasteiger partial charge < -0.3 is 5.43 Å². The van der Waals surface area contributed by atoms with Crippen LogP contribution in [-0.4, -0.2) is 11.3 Å². The summed E-state index contributed by atoms with van der Waals surface area (Å²) in [7, 11) is 0. The van der Waals surface area contributed by atoms with Gasteiger partial charge in [0.05, 0.1) is 5.54 Å². The maximum atomic E-state index is 8.41. The predicted octanol–water partition coefficient (Wildman–Crippen LogP) is 0.392. The van der Waals surface area contributed by atoms with E-state index in [0.717, 1.165) is 6.42 Å². The first-order valence-electron chi connectivity index (χ1n) is 3.09. The van der Waals surface area contributed by atoms with Crippen molar-refractivity contribution in [3.8, 4) is 6.07 Å². The van der Waals surface area contributed by atoms with Gasteiger partial charge in [0.1, 0.15) is 11.8 Å². The number of nitrogens with zero attached hydrogens (tertiary/aromatic N) is 2. The molecule has 0 aromatic carbocycles. The van der Waals surface area contributed by atoms with Gasteiger partial charge in [0.15, 0.2) is 0 Å². The third-order valence-electron chi connectivity index (χ3n) is 1.92. The Kier molecular flexibility index (Phi) is 0.677. The van der Waals surface area contributed by atoms with Crippen LogP contribution in [0.3, 0.4) is 0 Å². The van der Waals surface area contributed by atoms with Crippen molar-refractivity contribution in [3.63, 3.8) is 0 Å². The van der Waals surface area contributed by atoms with Crippen LogP contribution in [0, 0.1) is 11.3 Å². The fourth-order valence-corrected chi connectivity index (χ4v) is 1.09.